The Morgan fingerprint density at radius 3 is 2.47 bits per heavy atom. The van der Waals surface area contributed by atoms with Gasteiger partial charge in [0.2, 0.25) is 0 Å². The molecule has 0 aliphatic rings. The molecule has 0 fully saturated rings. The highest BCUT2D eigenvalue weighted by Gasteiger charge is 2.12. The zero-order valence-corrected chi connectivity index (χ0v) is 20.4. The lowest BCUT2D eigenvalue weighted by molar-refractivity contribution is -0.112. The van der Waals surface area contributed by atoms with Crippen molar-refractivity contribution in [1.82, 2.24) is 0 Å². The van der Waals surface area contributed by atoms with Crippen LogP contribution in [-0.4, -0.2) is 12.5 Å². The molecule has 0 bridgehead atoms. The van der Waals surface area contributed by atoms with Crippen molar-refractivity contribution in [2.45, 2.75) is 13.5 Å². The van der Waals surface area contributed by atoms with E-state index in [1.165, 1.54) is 6.08 Å². The zero-order chi connectivity index (χ0) is 22.9. The largest absolute Gasteiger partial charge is 0.490 e. The van der Waals surface area contributed by atoms with E-state index in [0.717, 1.165) is 14.5 Å². The van der Waals surface area contributed by atoms with Gasteiger partial charge in [0, 0.05) is 20.2 Å². The number of nitrogens with one attached hydrogen (secondary N) is 1. The Morgan fingerprint density at radius 2 is 1.78 bits per heavy atom. The van der Waals surface area contributed by atoms with Crippen LogP contribution in [0.15, 0.2) is 81.2 Å². The van der Waals surface area contributed by atoms with E-state index in [9.17, 15) is 10.1 Å². The summed E-state index contributed by atoms with van der Waals surface area (Å²) in [5.74, 6) is 0.638. The van der Waals surface area contributed by atoms with Crippen molar-refractivity contribution in [1.29, 1.82) is 5.26 Å². The van der Waals surface area contributed by atoms with Gasteiger partial charge in [-0.2, -0.15) is 5.26 Å². The van der Waals surface area contributed by atoms with Crippen molar-refractivity contribution >= 4 is 49.5 Å². The maximum atomic E-state index is 12.5. The van der Waals surface area contributed by atoms with E-state index in [1.54, 1.807) is 30.3 Å². The molecule has 0 spiro atoms. The summed E-state index contributed by atoms with van der Waals surface area (Å²) in [5, 5.41) is 12.2. The van der Waals surface area contributed by atoms with Crippen molar-refractivity contribution in [3.63, 3.8) is 0 Å². The van der Waals surface area contributed by atoms with E-state index in [2.05, 4.69) is 37.2 Å². The van der Waals surface area contributed by atoms with Gasteiger partial charge in [-0.1, -0.05) is 56.1 Å². The summed E-state index contributed by atoms with van der Waals surface area (Å²) in [6.45, 7) is 2.70. The van der Waals surface area contributed by atoms with E-state index in [-0.39, 0.29) is 5.57 Å². The second-order valence-electron chi connectivity index (χ2n) is 6.65. The van der Waals surface area contributed by atoms with Gasteiger partial charge in [0.05, 0.1) is 6.61 Å². The van der Waals surface area contributed by atoms with Crippen LogP contribution in [0.2, 0.25) is 0 Å². The van der Waals surface area contributed by atoms with Crippen molar-refractivity contribution in [3.8, 4) is 17.6 Å². The van der Waals surface area contributed by atoms with Crippen LogP contribution in [-0.2, 0) is 11.4 Å². The lowest BCUT2D eigenvalue weighted by Crippen LogP contribution is -2.13. The normalized spacial score (nSPS) is 10.9. The van der Waals surface area contributed by atoms with Crippen molar-refractivity contribution in [3.05, 3.63) is 92.4 Å². The molecule has 7 heteroatoms. The number of anilines is 1. The van der Waals surface area contributed by atoms with Crippen LogP contribution in [0.25, 0.3) is 6.08 Å². The van der Waals surface area contributed by atoms with Gasteiger partial charge in [-0.25, -0.2) is 0 Å². The highest BCUT2D eigenvalue weighted by molar-refractivity contribution is 9.10. The Balaban J connectivity index is 1.78. The third-order valence-corrected chi connectivity index (χ3v) is 5.69. The molecule has 0 radical (unpaired) electrons. The topological polar surface area (TPSA) is 71.3 Å². The maximum Gasteiger partial charge on any atom is 0.266 e. The quantitative estimate of drug-likeness (QED) is 0.247. The van der Waals surface area contributed by atoms with Gasteiger partial charge in [-0.15, -0.1) is 0 Å². The molecule has 0 saturated heterocycles. The van der Waals surface area contributed by atoms with Crippen molar-refractivity contribution < 1.29 is 14.3 Å². The van der Waals surface area contributed by atoms with Crippen molar-refractivity contribution in [2.24, 2.45) is 0 Å². The first-order chi connectivity index (χ1) is 15.5. The lowest BCUT2D eigenvalue weighted by atomic mass is 10.1. The standard InChI is InChI=1S/C25H20Br2N2O3/c1-2-31-24-14-17(7-12-23(24)32-16-18-5-3-4-6-22(18)27)13-19(15-28)25(30)29-21-10-8-20(26)9-11-21/h3-14H,2,16H2,1H3,(H,29,30)/b19-13+. The summed E-state index contributed by atoms with van der Waals surface area (Å²) in [5.41, 5.74) is 2.25. The number of nitriles is 1. The van der Waals surface area contributed by atoms with Crippen molar-refractivity contribution in [2.75, 3.05) is 11.9 Å². The Kier molecular flexibility index (Phi) is 8.48. The minimum Gasteiger partial charge on any atom is -0.490 e. The second kappa shape index (κ2) is 11.5. The SMILES string of the molecule is CCOc1cc(/C=C(\C#N)C(=O)Nc2ccc(Br)cc2)ccc1OCc1ccccc1Br. The number of ether oxygens (including phenoxy) is 2. The first-order valence-corrected chi connectivity index (χ1v) is 11.4. The molecule has 0 aromatic heterocycles. The fourth-order valence-electron chi connectivity index (χ4n) is 2.82. The third-order valence-electron chi connectivity index (χ3n) is 4.39. The number of amides is 1. The third kappa shape index (κ3) is 6.46. The van der Waals surface area contributed by atoms with Gasteiger partial charge in [-0.05, 0) is 61.0 Å². The zero-order valence-electron chi connectivity index (χ0n) is 17.3. The van der Waals surface area contributed by atoms with Gasteiger partial charge >= 0.3 is 0 Å². The number of hydrogen-bond donors (Lipinski definition) is 1. The van der Waals surface area contributed by atoms with Crippen LogP contribution in [0.1, 0.15) is 18.1 Å². The fourth-order valence-corrected chi connectivity index (χ4v) is 3.48. The molecule has 3 aromatic carbocycles. The molecule has 32 heavy (non-hydrogen) atoms. The lowest BCUT2D eigenvalue weighted by Gasteiger charge is -2.13. The van der Waals surface area contributed by atoms with E-state index in [1.807, 2.05) is 49.4 Å². The molecular formula is C25H20Br2N2O3. The van der Waals surface area contributed by atoms with Gasteiger partial charge < -0.3 is 14.8 Å². The van der Waals surface area contributed by atoms with Crippen LogP contribution in [0.4, 0.5) is 5.69 Å². The Hall–Kier alpha value is -3.08. The average molecular weight is 556 g/mol. The van der Waals surface area contributed by atoms with E-state index >= 15 is 0 Å². The average Bonchev–Trinajstić information content (AvgIpc) is 2.79. The molecule has 5 nitrogen and oxygen atoms in total. The summed E-state index contributed by atoms with van der Waals surface area (Å²) in [7, 11) is 0. The predicted molar refractivity (Wildman–Crippen MR) is 132 cm³/mol. The van der Waals surface area contributed by atoms with Crippen LogP contribution in [0, 0.1) is 11.3 Å². The van der Waals surface area contributed by atoms with E-state index in [4.69, 9.17) is 9.47 Å². The minimum atomic E-state index is -0.484. The summed E-state index contributed by atoms with van der Waals surface area (Å²) in [6, 6.07) is 22.2. The number of hydrogen-bond acceptors (Lipinski definition) is 4. The number of carbonyl (C=O) groups is 1. The molecule has 162 valence electrons. The van der Waals surface area contributed by atoms with Gasteiger partial charge in [-0.3, -0.25) is 4.79 Å². The first kappa shape index (κ1) is 23.6. The monoisotopic (exact) mass is 554 g/mol. The van der Waals surface area contributed by atoms with Gasteiger partial charge in [0.25, 0.3) is 5.91 Å². The number of halogens is 2. The molecule has 3 aromatic rings. The predicted octanol–water partition coefficient (Wildman–Crippen LogP) is 6.73. The van der Waals surface area contributed by atoms with Crippen LogP contribution in [0.3, 0.4) is 0 Å². The van der Waals surface area contributed by atoms with E-state index in [0.29, 0.717) is 36.0 Å². The number of benzene rings is 3. The number of nitrogens with zero attached hydrogens (tertiary/aromatic N) is 1. The Labute approximate surface area is 203 Å². The maximum absolute atomic E-state index is 12.5. The molecule has 0 heterocycles. The van der Waals surface area contributed by atoms with Gasteiger partial charge in [0.1, 0.15) is 18.2 Å². The molecule has 0 aliphatic heterocycles. The summed E-state index contributed by atoms with van der Waals surface area (Å²) in [6.07, 6.45) is 1.52. The summed E-state index contributed by atoms with van der Waals surface area (Å²) < 4.78 is 13.5. The molecule has 0 aliphatic carbocycles. The van der Waals surface area contributed by atoms with Gasteiger partial charge in [0.15, 0.2) is 11.5 Å². The fraction of sp³-hybridized carbons (Fsp3) is 0.120. The smallest absolute Gasteiger partial charge is 0.266 e. The molecule has 3 rings (SSSR count). The molecular weight excluding hydrogens is 536 g/mol. The first-order valence-electron chi connectivity index (χ1n) is 9.82. The molecule has 0 atom stereocenters. The second-order valence-corrected chi connectivity index (χ2v) is 8.42. The number of carbonyl (C=O) groups excluding carboxylic acids is 1. The summed E-state index contributed by atoms with van der Waals surface area (Å²) in [4.78, 5) is 12.5. The minimum absolute atomic E-state index is 0.0164. The number of rotatable bonds is 8. The molecule has 0 saturated carbocycles. The molecule has 1 amide bonds. The molecule has 1 N–H and O–H groups in total. The highest BCUT2D eigenvalue weighted by atomic mass is 79.9. The molecule has 0 unspecified atom stereocenters. The highest BCUT2D eigenvalue weighted by Crippen LogP contribution is 2.31. The Bertz CT molecular complexity index is 1170. The van der Waals surface area contributed by atoms with Crippen LogP contribution >= 0.6 is 31.9 Å². The van der Waals surface area contributed by atoms with Crippen LogP contribution in [0.5, 0.6) is 11.5 Å². The van der Waals surface area contributed by atoms with Crippen LogP contribution < -0.4 is 14.8 Å². The van der Waals surface area contributed by atoms with E-state index < -0.39 is 5.91 Å². The Morgan fingerprint density at radius 1 is 1.03 bits per heavy atom. The summed E-state index contributed by atoms with van der Waals surface area (Å²) >= 11 is 6.87.